The summed E-state index contributed by atoms with van der Waals surface area (Å²) >= 11 is 0. The third-order valence-corrected chi connectivity index (χ3v) is 5.19. The highest BCUT2D eigenvalue weighted by atomic mass is 19.1. The predicted octanol–water partition coefficient (Wildman–Crippen LogP) is 3.88. The summed E-state index contributed by atoms with van der Waals surface area (Å²) < 4.78 is 18.2. The molecule has 1 unspecified atom stereocenters. The number of ether oxygens (including phenoxy) is 1. The molecule has 0 radical (unpaired) electrons. The van der Waals surface area contributed by atoms with Crippen molar-refractivity contribution < 1.29 is 18.7 Å². The Bertz CT molecular complexity index is 867. The average molecular weight is 384 g/mol. The van der Waals surface area contributed by atoms with E-state index in [0.29, 0.717) is 12.2 Å². The third-order valence-electron chi connectivity index (χ3n) is 5.19. The number of benzene rings is 2. The van der Waals surface area contributed by atoms with Crippen LogP contribution in [0.2, 0.25) is 0 Å². The van der Waals surface area contributed by atoms with E-state index in [9.17, 15) is 14.0 Å². The number of carbonyl (C=O) groups excluding carboxylic acids is 2. The molecule has 6 heteroatoms. The molecule has 0 spiro atoms. The summed E-state index contributed by atoms with van der Waals surface area (Å²) in [5, 5.41) is 2.81. The molecule has 2 amide bonds. The zero-order valence-corrected chi connectivity index (χ0v) is 16.4. The molecular formula is C22H25FN2O3. The first-order valence-corrected chi connectivity index (χ1v) is 9.44. The fourth-order valence-corrected chi connectivity index (χ4v) is 3.37. The number of hydrogen-bond acceptors (Lipinski definition) is 3. The average Bonchev–Trinajstić information content (AvgIpc) is 2.72. The number of rotatable bonds is 5. The standard InChI is InChI=1S/C22H25FN2O3/c1-14(21(26)24-19-9-7-18(23)8-10-19)16-6-11-20-17(13-16)5-4-12-25(20)22(27)15(2)28-3/h6-11,13-15H,4-5,12H2,1-3H3,(H,24,26)/t14?,15-/m0/s1. The predicted molar refractivity (Wildman–Crippen MR) is 107 cm³/mol. The molecule has 1 heterocycles. The monoisotopic (exact) mass is 384 g/mol. The summed E-state index contributed by atoms with van der Waals surface area (Å²) in [6.07, 6.45) is 1.24. The van der Waals surface area contributed by atoms with Crippen LogP contribution in [-0.4, -0.2) is 31.6 Å². The van der Waals surface area contributed by atoms with Crippen molar-refractivity contribution in [2.45, 2.75) is 38.7 Å². The van der Waals surface area contributed by atoms with Crippen LogP contribution in [0.25, 0.3) is 0 Å². The van der Waals surface area contributed by atoms with E-state index in [2.05, 4.69) is 5.32 Å². The van der Waals surface area contributed by atoms with Gasteiger partial charge in [-0.15, -0.1) is 0 Å². The molecule has 3 rings (SSSR count). The van der Waals surface area contributed by atoms with Gasteiger partial charge in [-0.1, -0.05) is 12.1 Å². The Kier molecular flexibility index (Phi) is 6.09. The van der Waals surface area contributed by atoms with Gasteiger partial charge in [0.15, 0.2) is 0 Å². The van der Waals surface area contributed by atoms with Crippen LogP contribution in [0.15, 0.2) is 42.5 Å². The number of anilines is 2. The van der Waals surface area contributed by atoms with Gasteiger partial charge in [-0.05, 0) is 68.1 Å². The van der Waals surface area contributed by atoms with E-state index in [1.807, 2.05) is 25.1 Å². The molecule has 0 saturated carbocycles. The fraction of sp³-hybridized carbons (Fsp3) is 0.364. The third kappa shape index (κ3) is 4.22. The lowest BCUT2D eigenvalue weighted by molar-refractivity contribution is -0.127. The van der Waals surface area contributed by atoms with E-state index < -0.39 is 6.10 Å². The molecule has 0 fully saturated rings. The SMILES string of the molecule is CO[C@@H](C)C(=O)N1CCCc2cc(C(C)C(=O)Nc3ccc(F)cc3)ccc21. The topological polar surface area (TPSA) is 58.6 Å². The first-order valence-electron chi connectivity index (χ1n) is 9.44. The number of methoxy groups -OCH3 is 1. The van der Waals surface area contributed by atoms with Gasteiger partial charge in [-0.2, -0.15) is 0 Å². The number of hydrogen-bond donors (Lipinski definition) is 1. The molecule has 0 aromatic heterocycles. The quantitative estimate of drug-likeness (QED) is 0.851. The first-order chi connectivity index (χ1) is 13.4. The van der Waals surface area contributed by atoms with E-state index in [1.165, 1.54) is 31.4 Å². The van der Waals surface area contributed by atoms with Crippen molar-refractivity contribution in [3.63, 3.8) is 0 Å². The van der Waals surface area contributed by atoms with Gasteiger partial charge in [0.25, 0.3) is 5.91 Å². The molecule has 1 aliphatic rings. The largest absolute Gasteiger partial charge is 0.372 e. The Morgan fingerprint density at radius 3 is 2.54 bits per heavy atom. The van der Waals surface area contributed by atoms with Gasteiger partial charge in [0.05, 0.1) is 5.92 Å². The second-order valence-corrected chi connectivity index (χ2v) is 7.08. The summed E-state index contributed by atoms with van der Waals surface area (Å²) in [7, 11) is 1.53. The van der Waals surface area contributed by atoms with Gasteiger partial charge in [-0.3, -0.25) is 9.59 Å². The van der Waals surface area contributed by atoms with Gasteiger partial charge < -0.3 is 15.0 Å². The zero-order valence-electron chi connectivity index (χ0n) is 16.4. The zero-order chi connectivity index (χ0) is 20.3. The Hall–Kier alpha value is -2.73. The molecular weight excluding hydrogens is 359 g/mol. The van der Waals surface area contributed by atoms with Gasteiger partial charge in [0.1, 0.15) is 11.9 Å². The number of fused-ring (bicyclic) bond motifs is 1. The Morgan fingerprint density at radius 2 is 1.86 bits per heavy atom. The van der Waals surface area contributed by atoms with Crippen molar-refractivity contribution in [1.29, 1.82) is 0 Å². The maximum atomic E-state index is 13.0. The number of aryl methyl sites for hydroxylation is 1. The fourth-order valence-electron chi connectivity index (χ4n) is 3.37. The summed E-state index contributed by atoms with van der Waals surface area (Å²) in [6.45, 7) is 4.24. The maximum Gasteiger partial charge on any atom is 0.255 e. The van der Waals surface area contributed by atoms with E-state index in [0.717, 1.165) is 29.7 Å². The van der Waals surface area contributed by atoms with Gasteiger partial charge >= 0.3 is 0 Å². The van der Waals surface area contributed by atoms with Crippen LogP contribution >= 0.6 is 0 Å². The number of nitrogens with one attached hydrogen (secondary N) is 1. The lowest BCUT2D eigenvalue weighted by atomic mass is 9.93. The van der Waals surface area contributed by atoms with E-state index in [-0.39, 0.29) is 23.5 Å². The van der Waals surface area contributed by atoms with Gasteiger partial charge in [-0.25, -0.2) is 4.39 Å². The molecule has 0 saturated heterocycles. The summed E-state index contributed by atoms with van der Waals surface area (Å²) in [6, 6.07) is 11.5. The Balaban J connectivity index is 1.77. The lowest BCUT2D eigenvalue weighted by Gasteiger charge is -2.31. The summed E-state index contributed by atoms with van der Waals surface area (Å²) in [5.41, 5.74) is 3.38. The van der Waals surface area contributed by atoms with Crippen molar-refractivity contribution in [2.24, 2.45) is 0 Å². The number of nitrogens with zero attached hydrogens (tertiary/aromatic N) is 1. The smallest absolute Gasteiger partial charge is 0.255 e. The summed E-state index contributed by atoms with van der Waals surface area (Å²) in [4.78, 5) is 26.9. The van der Waals surface area contributed by atoms with Gasteiger partial charge in [0.2, 0.25) is 5.91 Å². The molecule has 2 aromatic rings. The molecule has 28 heavy (non-hydrogen) atoms. The number of carbonyl (C=O) groups is 2. The molecule has 0 aliphatic carbocycles. The first kappa shape index (κ1) is 20.0. The highest BCUT2D eigenvalue weighted by molar-refractivity contribution is 5.98. The van der Waals surface area contributed by atoms with E-state index in [1.54, 1.807) is 11.8 Å². The van der Waals surface area contributed by atoms with Crippen molar-refractivity contribution in [3.8, 4) is 0 Å². The van der Waals surface area contributed by atoms with E-state index >= 15 is 0 Å². The lowest BCUT2D eigenvalue weighted by Crippen LogP contribution is -2.41. The van der Waals surface area contributed by atoms with Crippen LogP contribution < -0.4 is 10.2 Å². The Labute approximate surface area is 164 Å². The molecule has 2 atom stereocenters. The summed E-state index contributed by atoms with van der Waals surface area (Å²) in [5.74, 6) is -0.941. The van der Waals surface area contributed by atoms with Crippen molar-refractivity contribution in [1.82, 2.24) is 0 Å². The second-order valence-electron chi connectivity index (χ2n) is 7.08. The van der Waals surface area contributed by atoms with Crippen LogP contribution in [0.1, 0.15) is 37.3 Å². The highest BCUT2D eigenvalue weighted by Gasteiger charge is 2.27. The number of amides is 2. The van der Waals surface area contributed by atoms with Gasteiger partial charge in [0, 0.05) is 25.0 Å². The van der Waals surface area contributed by atoms with E-state index in [4.69, 9.17) is 4.74 Å². The molecule has 1 aliphatic heterocycles. The maximum absolute atomic E-state index is 13.0. The van der Waals surface area contributed by atoms with Crippen LogP contribution in [0.4, 0.5) is 15.8 Å². The van der Waals surface area contributed by atoms with Crippen molar-refractivity contribution >= 4 is 23.2 Å². The van der Waals surface area contributed by atoms with Crippen molar-refractivity contribution in [2.75, 3.05) is 23.9 Å². The minimum absolute atomic E-state index is 0.0571. The second kappa shape index (κ2) is 8.52. The molecule has 2 aromatic carbocycles. The van der Waals surface area contributed by atoms with Crippen LogP contribution in [0, 0.1) is 5.82 Å². The van der Waals surface area contributed by atoms with Crippen LogP contribution in [-0.2, 0) is 20.7 Å². The normalized spacial score (nSPS) is 15.5. The molecule has 5 nitrogen and oxygen atoms in total. The molecule has 148 valence electrons. The molecule has 1 N–H and O–H groups in total. The minimum Gasteiger partial charge on any atom is -0.372 e. The molecule has 0 bridgehead atoms. The van der Waals surface area contributed by atoms with Crippen molar-refractivity contribution in [3.05, 3.63) is 59.4 Å². The minimum atomic E-state index is -0.494. The van der Waals surface area contributed by atoms with Crippen LogP contribution in [0.3, 0.4) is 0 Å². The van der Waals surface area contributed by atoms with Crippen LogP contribution in [0.5, 0.6) is 0 Å². The highest BCUT2D eigenvalue weighted by Crippen LogP contribution is 2.31. The Morgan fingerprint density at radius 1 is 1.14 bits per heavy atom. The number of halogens is 1.